The third-order valence-electron chi connectivity index (χ3n) is 5.75. The number of carboxylic acids is 1. The van der Waals surface area contributed by atoms with Gasteiger partial charge in [-0.15, -0.1) is 0 Å². The van der Waals surface area contributed by atoms with Gasteiger partial charge in [0, 0.05) is 37.8 Å². The van der Waals surface area contributed by atoms with Crippen LogP contribution in [-0.2, 0) is 14.4 Å². The molecule has 2 saturated heterocycles. The van der Waals surface area contributed by atoms with Gasteiger partial charge in [0.2, 0.25) is 5.91 Å². The van der Waals surface area contributed by atoms with Crippen molar-refractivity contribution in [2.45, 2.75) is 33.1 Å². The Morgan fingerprint density at radius 2 is 2.07 bits per heavy atom. The number of hydrogen-bond acceptors (Lipinski definition) is 4. The molecule has 0 aliphatic carbocycles. The molecular formula is C20H26N2O5. The maximum absolute atomic E-state index is 12.5. The molecule has 1 aromatic rings. The summed E-state index contributed by atoms with van der Waals surface area (Å²) >= 11 is 0. The smallest absolute Gasteiger partial charge is 0.311 e. The Balaban J connectivity index is 1.60. The Bertz CT molecular complexity index is 748. The second kappa shape index (κ2) is 7.58. The average Bonchev–Trinajstić information content (AvgIpc) is 3.27. The predicted octanol–water partition coefficient (Wildman–Crippen LogP) is 2.15. The number of benzene rings is 1. The van der Waals surface area contributed by atoms with E-state index >= 15 is 0 Å². The first-order valence-corrected chi connectivity index (χ1v) is 9.38. The molecule has 2 amide bonds. The van der Waals surface area contributed by atoms with E-state index in [-0.39, 0.29) is 30.9 Å². The summed E-state index contributed by atoms with van der Waals surface area (Å²) in [5.41, 5.74) is -0.112. The predicted molar refractivity (Wildman–Crippen MR) is 99.6 cm³/mol. The summed E-state index contributed by atoms with van der Waals surface area (Å²) in [7, 11) is 0. The molecule has 7 nitrogen and oxygen atoms in total. The minimum absolute atomic E-state index is 0.0524. The number of hydrogen-bond donors (Lipinski definition) is 1. The van der Waals surface area contributed by atoms with Gasteiger partial charge in [0.25, 0.3) is 5.91 Å². The number of ether oxygens (including phenoxy) is 1. The number of nitrogens with zero attached hydrogens (tertiary/aromatic N) is 2. The third kappa shape index (κ3) is 3.77. The minimum Gasteiger partial charge on any atom is -0.484 e. The van der Waals surface area contributed by atoms with Crippen LogP contribution in [0.1, 0.15) is 33.1 Å². The largest absolute Gasteiger partial charge is 0.484 e. The molecule has 0 saturated carbocycles. The first-order valence-electron chi connectivity index (χ1n) is 9.38. The highest BCUT2D eigenvalue weighted by Crippen LogP contribution is 2.38. The van der Waals surface area contributed by atoms with E-state index in [4.69, 9.17) is 4.74 Å². The Kier molecular flexibility index (Phi) is 5.39. The molecule has 7 heteroatoms. The molecule has 2 heterocycles. The van der Waals surface area contributed by atoms with E-state index in [0.717, 1.165) is 12.1 Å². The molecule has 0 radical (unpaired) electrons. The Morgan fingerprint density at radius 1 is 1.30 bits per heavy atom. The molecule has 1 aromatic carbocycles. The number of carbonyl (C=O) groups is 3. The molecule has 0 bridgehead atoms. The van der Waals surface area contributed by atoms with Gasteiger partial charge in [0.15, 0.2) is 6.61 Å². The lowest BCUT2D eigenvalue weighted by molar-refractivity contribution is -0.151. The van der Waals surface area contributed by atoms with Crippen molar-refractivity contribution in [2.75, 3.05) is 31.1 Å². The highest BCUT2D eigenvalue weighted by atomic mass is 16.5. The van der Waals surface area contributed by atoms with Gasteiger partial charge in [0.1, 0.15) is 5.75 Å². The van der Waals surface area contributed by atoms with E-state index in [2.05, 4.69) is 0 Å². The maximum atomic E-state index is 12.5. The van der Waals surface area contributed by atoms with E-state index in [1.165, 1.54) is 0 Å². The summed E-state index contributed by atoms with van der Waals surface area (Å²) in [5.74, 6) is -0.506. The van der Waals surface area contributed by atoms with Crippen LogP contribution in [0, 0.1) is 11.3 Å². The molecule has 146 valence electrons. The van der Waals surface area contributed by atoms with Crippen LogP contribution >= 0.6 is 0 Å². The summed E-state index contributed by atoms with van der Waals surface area (Å²) in [5, 5.41) is 9.60. The van der Waals surface area contributed by atoms with E-state index in [1.807, 2.05) is 19.9 Å². The van der Waals surface area contributed by atoms with Crippen LogP contribution in [0.4, 0.5) is 5.69 Å². The fourth-order valence-electron chi connectivity index (χ4n) is 3.84. The summed E-state index contributed by atoms with van der Waals surface area (Å²) < 4.78 is 5.63. The highest BCUT2D eigenvalue weighted by molar-refractivity contribution is 5.95. The molecule has 2 aliphatic heterocycles. The van der Waals surface area contributed by atoms with E-state index in [1.54, 1.807) is 28.0 Å². The lowest BCUT2D eigenvalue weighted by atomic mass is 9.76. The molecule has 3 rings (SSSR count). The van der Waals surface area contributed by atoms with E-state index in [0.29, 0.717) is 31.7 Å². The minimum atomic E-state index is -0.883. The van der Waals surface area contributed by atoms with Gasteiger partial charge in [-0.05, 0) is 30.9 Å². The van der Waals surface area contributed by atoms with Crippen LogP contribution in [0.25, 0.3) is 0 Å². The topological polar surface area (TPSA) is 87.2 Å². The van der Waals surface area contributed by atoms with Crippen molar-refractivity contribution in [1.82, 2.24) is 4.90 Å². The molecule has 2 fully saturated rings. The summed E-state index contributed by atoms with van der Waals surface area (Å²) in [6.45, 7) is 4.94. The van der Waals surface area contributed by atoms with Gasteiger partial charge in [0.05, 0.1) is 5.41 Å². The quantitative estimate of drug-likeness (QED) is 0.824. The van der Waals surface area contributed by atoms with E-state index < -0.39 is 11.4 Å². The average molecular weight is 374 g/mol. The van der Waals surface area contributed by atoms with Crippen LogP contribution in [0.5, 0.6) is 5.75 Å². The Hall–Kier alpha value is -2.57. The Labute approximate surface area is 158 Å². The zero-order valence-corrected chi connectivity index (χ0v) is 15.8. The van der Waals surface area contributed by atoms with Gasteiger partial charge < -0.3 is 19.6 Å². The number of aliphatic carboxylic acids is 1. The lowest BCUT2D eigenvalue weighted by Gasteiger charge is -2.28. The first kappa shape index (κ1) is 19.2. The van der Waals surface area contributed by atoms with Crippen molar-refractivity contribution in [3.8, 4) is 5.75 Å². The number of rotatable bonds is 6. The van der Waals surface area contributed by atoms with Crippen molar-refractivity contribution in [3.63, 3.8) is 0 Å². The fraction of sp³-hybridized carbons (Fsp3) is 0.550. The van der Waals surface area contributed by atoms with Crippen LogP contribution in [0.3, 0.4) is 0 Å². The van der Waals surface area contributed by atoms with E-state index in [9.17, 15) is 19.5 Å². The van der Waals surface area contributed by atoms with Crippen molar-refractivity contribution in [3.05, 3.63) is 24.3 Å². The molecule has 27 heavy (non-hydrogen) atoms. The Morgan fingerprint density at radius 3 is 2.67 bits per heavy atom. The number of carboxylic acid groups (broad SMARTS) is 1. The molecule has 0 aromatic heterocycles. The van der Waals surface area contributed by atoms with Gasteiger partial charge >= 0.3 is 5.97 Å². The van der Waals surface area contributed by atoms with Crippen molar-refractivity contribution < 1.29 is 24.2 Å². The van der Waals surface area contributed by atoms with Gasteiger partial charge in [-0.2, -0.15) is 0 Å². The molecule has 1 unspecified atom stereocenters. The first-order chi connectivity index (χ1) is 12.8. The number of likely N-dealkylation sites (tertiary alicyclic amines) is 1. The van der Waals surface area contributed by atoms with Crippen LogP contribution < -0.4 is 9.64 Å². The van der Waals surface area contributed by atoms with Crippen LogP contribution in [-0.4, -0.2) is 54.0 Å². The maximum Gasteiger partial charge on any atom is 0.311 e. The second-order valence-electron chi connectivity index (χ2n) is 7.62. The van der Waals surface area contributed by atoms with Crippen molar-refractivity contribution in [1.29, 1.82) is 0 Å². The zero-order chi connectivity index (χ0) is 19.6. The monoisotopic (exact) mass is 374 g/mol. The summed E-state index contributed by atoms with van der Waals surface area (Å²) in [6.07, 6.45) is 1.86. The standard InChI is InChI=1S/C20H26N2O5/c1-14(2)20(19(25)26)8-10-21(13-20)18(24)12-27-16-6-3-5-15(11-16)22-9-4-7-17(22)23/h3,5-6,11,14H,4,7-10,12-13H2,1-2H3,(H,25,26). The fourth-order valence-corrected chi connectivity index (χ4v) is 3.84. The van der Waals surface area contributed by atoms with Gasteiger partial charge in [-0.3, -0.25) is 14.4 Å². The van der Waals surface area contributed by atoms with Crippen molar-refractivity contribution >= 4 is 23.5 Å². The summed E-state index contributed by atoms with van der Waals surface area (Å²) in [6, 6.07) is 7.15. The SMILES string of the molecule is CC(C)C1(C(=O)O)CCN(C(=O)COc2cccc(N3CCCC3=O)c2)C1. The third-order valence-corrected chi connectivity index (χ3v) is 5.75. The van der Waals surface area contributed by atoms with Gasteiger partial charge in [-0.25, -0.2) is 0 Å². The molecule has 2 aliphatic rings. The molecule has 1 atom stereocenters. The number of amides is 2. The van der Waals surface area contributed by atoms with Crippen LogP contribution in [0.15, 0.2) is 24.3 Å². The lowest BCUT2D eigenvalue weighted by Crippen LogP contribution is -2.41. The van der Waals surface area contributed by atoms with Crippen molar-refractivity contribution in [2.24, 2.45) is 11.3 Å². The summed E-state index contributed by atoms with van der Waals surface area (Å²) in [4.78, 5) is 39.4. The highest BCUT2D eigenvalue weighted by Gasteiger charge is 2.48. The zero-order valence-electron chi connectivity index (χ0n) is 15.8. The number of carbonyl (C=O) groups excluding carboxylic acids is 2. The van der Waals surface area contributed by atoms with Crippen LogP contribution in [0.2, 0.25) is 0 Å². The second-order valence-corrected chi connectivity index (χ2v) is 7.62. The molecular weight excluding hydrogens is 348 g/mol. The number of anilines is 1. The molecule has 1 N–H and O–H groups in total. The van der Waals surface area contributed by atoms with Gasteiger partial charge in [-0.1, -0.05) is 19.9 Å². The molecule has 0 spiro atoms. The normalized spacial score (nSPS) is 22.6.